The zero-order valence-electron chi connectivity index (χ0n) is 13.0. The van der Waals surface area contributed by atoms with Gasteiger partial charge in [-0.3, -0.25) is 4.90 Å². The van der Waals surface area contributed by atoms with Crippen molar-refractivity contribution in [2.75, 3.05) is 27.0 Å². The molecule has 0 saturated heterocycles. The summed E-state index contributed by atoms with van der Waals surface area (Å²) < 4.78 is 16.6. The van der Waals surface area contributed by atoms with Crippen molar-refractivity contribution in [3.05, 3.63) is 38.2 Å². The third-order valence-corrected chi connectivity index (χ3v) is 4.93. The largest absolute Gasteiger partial charge is 0.476 e. The van der Waals surface area contributed by atoms with Gasteiger partial charge in [0.2, 0.25) is 0 Å². The molecule has 122 valence electrons. The van der Waals surface area contributed by atoms with Gasteiger partial charge >= 0.3 is 5.63 Å². The topological polar surface area (TPSA) is 51.9 Å². The minimum atomic E-state index is -0.219. The van der Waals surface area contributed by atoms with Crippen LogP contribution in [0.5, 0.6) is 5.75 Å². The molecule has 1 aliphatic heterocycles. The number of benzene rings is 1. The number of ether oxygens (including phenoxy) is 2. The molecule has 0 bridgehead atoms. The Hall–Kier alpha value is -1.56. The van der Waals surface area contributed by atoms with Gasteiger partial charge < -0.3 is 13.9 Å². The van der Waals surface area contributed by atoms with Crippen LogP contribution in [0.15, 0.2) is 15.3 Å². The molecule has 6 heteroatoms. The third-order valence-electron chi connectivity index (χ3n) is 4.65. The smallest absolute Gasteiger partial charge is 0.339 e. The van der Waals surface area contributed by atoms with Crippen LogP contribution in [0.2, 0.25) is 5.02 Å². The van der Waals surface area contributed by atoms with E-state index < -0.39 is 0 Å². The molecule has 1 aromatic carbocycles. The lowest BCUT2D eigenvalue weighted by molar-refractivity contribution is 0.0659. The number of methoxy groups -OCH3 is 1. The van der Waals surface area contributed by atoms with E-state index in [2.05, 4.69) is 4.90 Å². The molecule has 0 amide bonds. The Labute approximate surface area is 138 Å². The highest BCUT2D eigenvalue weighted by atomic mass is 35.5. The first-order valence-corrected chi connectivity index (χ1v) is 8.21. The van der Waals surface area contributed by atoms with Crippen LogP contribution < -0.4 is 10.4 Å². The summed E-state index contributed by atoms with van der Waals surface area (Å²) in [5.41, 5.74) is 3.17. The van der Waals surface area contributed by atoms with Crippen LogP contribution in [0, 0.1) is 0 Å². The second kappa shape index (κ2) is 5.82. The zero-order chi connectivity index (χ0) is 16.0. The number of halogens is 1. The lowest BCUT2D eigenvalue weighted by Gasteiger charge is -2.29. The predicted molar refractivity (Wildman–Crippen MR) is 87.3 cm³/mol. The number of rotatable bonds is 3. The van der Waals surface area contributed by atoms with Gasteiger partial charge in [-0.1, -0.05) is 11.6 Å². The normalized spacial score (nSPS) is 17.1. The van der Waals surface area contributed by atoms with Crippen molar-refractivity contribution < 1.29 is 13.9 Å². The van der Waals surface area contributed by atoms with Crippen LogP contribution in [-0.4, -0.2) is 31.9 Å². The minimum absolute atomic E-state index is 0.219. The summed E-state index contributed by atoms with van der Waals surface area (Å²) in [7, 11) is 1.67. The molecule has 0 spiro atoms. The maximum absolute atomic E-state index is 12.3. The number of aryl methyl sites for hydroxylation is 1. The van der Waals surface area contributed by atoms with E-state index in [0.717, 1.165) is 47.9 Å². The molecule has 4 rings (SSSR count). The molecule has 23 heavy (non-hydrogen) atoms. The van der Waals surface area contributed by atoms with Crippen molar-refractivity contribution in [3.8, 4) is 5.75 Å². The van der Waals surface area contributed by atoms with Crippen molar-refractivity contribution >= 4 is 22.6 Å². The molecular weight excluding hydrogens is 318 g/mol. The van der Waals surface area contributed by atoms with Crippen molar-refractivity contribution in [1.29, 1.82) is 0 Å². The highest BCUT2D eigenvalue weighted by Gasteiger charge is 2.27. The van der Waals surface area contributed by atoms with E-state index in [1.807, 2.05) is 6.07 Å². The fraction of sp³-hybridized carbons (Fsp3) is 0.471. The molecule has 0 saturated carbocycles. The summed E-state index contributed by atoms with van der Waals surface area (Å²) in [6, 6.07) is 1.88. The van der Waals surface area contributed by atoms with Gasteiger partial charge in [0.1, 0.15) is 18.1 Å². The molecule has 2 heterocycles. The molecule has 2 aliphatic rings. The summed E-state index contributed by atoms with van der Waals surface area (Å²) >= 11 is 6.43. The molecule has 2 aromatic rings. The SMILES string of the molecule is COCCN1COc2c(Cl)cc3c4c(c(=O)oc3c2C1)CCC4. The van der Waals surface area contributed by atoms with Gasteiger partial charge in [0, 0.05) is 31.1 Å². The van der Waals surface area contributed by atoms with E-state index in [1.54, 1.807) is 7.11 Å². The molecule has 1 aliphatic carbocycles. The van der Waals surface area contributed by atoms with E-state index >= 15 is 0 Å². The Balaban J connectivity index is 1.88. The predicted octanol–water partition coefficient (Wildman–Crippen LogP) is 2.73. The highest BCUT2D eigenvalue weighted by molar-refractivity contribution is 6.33. The van der Waals surface area contributed by atoms with E-state index in [1.165, 1.54) is 0 Å². The van der Waals surface area contributed by atoms with Crippen molar-refractivity contribution in [1.82, 2.24) is 4.90 Å². The Morgan fingerprint density at radius 3 is 2.96 bits per heavy atom. The van der Waals surface area contributed by atoms with Gasteiger partial charge in [-0.15, -0.1) is 0 Å². The van der Waals surface area contributed by atoms with Gasteiger partial charge in [0.15, 0.2) is 0 Å². The fourth-order valence-corrected chi connectivity index (χ4v) is 3.80. The lowest BCUT2D eigenvalue weighted by Crippen LogP contribution is -2.34. The van der Waals surface area contributed by atoms with Gasteiger partial charge in [-0.2, -0.15) is 0 Å². The Kier molecular flexibility index (Phi) is 3.79. The summed E-state index contributed by atoms with van der Waals surface area (Å²) in [4.78, 5) is 14.4. The van der Waals surface area contributed by atoms with Crippen LogP contribution in [0.25, 0.3) is 11.0 Å². The van der Waals surface area contributed by atoms with Crippen LogP contribution in [-0.2, 0) is 24.1 Å². The van der Waals surface area contributed by atoms with Crippen molar-refractivity contribution in [3.63, 3.8) is 0 Å². The van der Waals surface area contributed by atoms with Gasteiger partial charge in [0.25, 0.3) is 0 Å². The second-order valence-electron chi connectivity index (χ2n) is 6.06. The van der Waals surface area contributed by atoms with Crippen LogP contribution in [0.1, 0.15) is 23.1 Å². The standard InChI is InChI=1S/C17H18ClNO4/c1-21-6-5-19-8-13-15-12(7-14(18)16(13)22-9-19)10-3-2-4-11(10)17(20)23-15/h7H,2-6,8-9H2,1H3. The minimum Gasteiger partial charge on any atom is -0.476 e. The molecule has 0 fully saturated rings. The number of nitrogens with zero attached hydrogens (tertiary/aromatic N) is 1. The highest BCUT2D eigenvalue weighted by Crippen LogP contribution is 2.40. The molecule has 1 aromatic heterocycles. The number of hydrogen-bond acceptors (Lipinski definition) is 5. The van der Waals surface area contributed by atoms with E-state index in [0.29, 0.717) is 36.2 Å². The number of fused-ring (bicyclic) bond motifs is 5. The first-order chi connectivity index (χ1) is 11.2. The van der Waals surface area contributed by atoms with Crippen molar-refractivity contribution in [2.24, 2.45) is 0 Å². The summed E-state index contributed by atoms with van der Waals surface area (Å²) in [6.07, 6.45) is 2.68. The first-order valence-electron chi connectivity index (χ1n) is 7.83. The molecule has 0 radical (unpaired) electrons. The van der Waals surface area contributed by atoms with Gasteiger partial charge in [-0.25, -0.2) is 4.79 Å². The Morgan fingerprint density at radius 2 is 2.13 bits per heavy atom. The van der Waals surface area contributed by atoms with Crippen LogP contribution >= 0.6 is 11.6 Å². The maximum atomic E-state index is 12.3. The van der Waals surface area contributed by atoms with E-state index in [-0.39, 0.29) is 5.63 Å². The average molecular weight is 336 g/mol. The lowest BCUT2D eigenvalue weighted by atomic mass is 10.0. The maximum Gasteiger partial charge on any atom is 0.339 e. The molecule has 0 unspecified atom stereocenters. The number of hydrogen-bond donors (Lipinski definition) is 0. The first kappa shape index (κ1) is 15.0. The van der Waals surface area contributed by atoms with Crippen LogP contribution in [0.3, 0.4) is 0 Å². The average Bonchev–Trinajstić information content (AvgIpc) is 3.05. The van der Waals surface area contributed by atoms with Gasteiger partial charge in [0.05, 0.1) is 17.2 Å². The summed E-state index contributed by atoms with van der Waals surface area (Å²) in [6.45, 7) is 2.46. The second-order valence-corrected chi connectivity index (χ2v) is 6.47. The van der Waals surface area contributed by atoms with Gasteiger partial charge in [-0.05, 0) is 30.9 Å². The summed E-state index contributed by atoms with van der Waals surface area (Å²) in [5.74, 6) is 0.633. The summed E-state index contributed by atoms with van der Waals surface area (Å²) in [5, 5.41) is 1.54. The monoisotopic (exact) mass is 335 g/mol. The van der Waals surface area contributed by atoms with Crippen LogP contribution in [0.4, 0.5) is 0 Å². The molecule has 5 nitrogen and oxygen atoms in total. The fourth-order valence-electron chi connectivity index (χ4n) is 3.52. The van der Waals surface area contributed by atoms with E-state index in [9.17, 15) is 4.79 Å². The zero-order valence-corrected chi connectivity index (χ0v) is 13.7. The third kappa shape index (κ3) is 2.43. The Bertz CT molecular complexity index is 830. The van der Waals surface area contributed by atoms with E-state index in [4.69, 9.17) is 25.5 Å². The molecule has 0 N–H and O–H groups in total. The molecular formula is C17H18ClNO4. The quantitative estimate of drug-likeness (QED) is 0.807. The Morgan fingerprint density at radius 1 is 1.30 bits per heavy atom. The molecule has 0 atom stereocenters. The van der Waals surface area contributed by atoms with Crippen molar-refractivity contribution in [2.45, 2.75) is 25.8 Å².